The number of benzene rings is 2. The van der Waals surface area contributed by atoms with Crippen LogP contribution in [0, 0.1) is 0 Å². The van der Waals surface area contributed by atoms with Crippen molar-refractivity contribution in [1.29, 1.82) is 0 Å². The van der Waals surface area contributed by atoms with Crippen molar-refractivity contribution in [1.82, 2.24) is 0 Å². The number of aryl methyl sites for hydroxylation is 1. The second kappa shape index (κ2) is 9.24. The molecule has 0 spiro atoms. The molecule has 0 saturated carbocycles. The van der Waals surface area contributed by atoms with Gasteiger partial charge >= 0.3 is 6.09 Å². The largest absolute Gasteiger partial charge is 0.450 e. The third-order valence-corrected chi connectivity index (χ3v) is 5.11. The second-order valence-electron chi connectivity index (χ2n) is 5.78. The number of hydrogen-bond acceptors (Lipinski definition) is 4. The summed E-state index contributed by atoms with van der Waals surface area (Å²) in [6.07, 6.45) is 2.63. The van der Waals surface area contributed by atoms with Gasteiger partial charge in [-0.25, -0.2) is 13.2 Å². The van der Waals surface area contributed by atoms with Crippen LogP contribution >= 0.6 is 0 Å². The standard InChI is InChI=1S/C19H24N2O4S/c1-3-5-6-15-7-9-17(10-8-15)21-26(23,24)18-13-11-16(12-14-18)20-19(22)25-4-2/h7-14,21H,3-6H2,1-2H3,(H,20,22). The summed E-state index contributed by atoms with van der Waals surface area (Å²) in [6, 6.07) is 13.3. The maximum Gasteiger partial charge on any atom is 0.411 e. The lowest BCUT2D eigenvalue weighted by Crippen LogP contribution is -2.14. The quantitative estimate of drug-likeness (QED) is 0.715. The molecule has 0 unspecified atom stereocenters. The number of hydrogen-bond donors (Lipinski definition) is 2. The maximum absolute atomic E-state index is 12.5. The molecule has 0 heterocycles. The predicted octanol–water partition coefficient (Wildman–Crippen LogP) is 4.40. The topological polar surface area (TPSA) is 84.5 Å². The van der Waals surface area contributed by atoms with E-state index in [1.807, 2.05) is 12.1 Å². The Morgan fingerprint density at radius 1 is 0.962 bits per heavy atom. The first-order valence-corrected chi connectivity index (χ1v) is 10.1. The molecule has 0 aromatic heterocycles. The number of sulfonamides is 1. The van der Waals surface area contributed by atoms with Gasteiger partial charge in [-0.1, -0.05) is 25.5 Å². The van der Waals surface area contributed by atoms with Gasteiger partial charge in [0.05, 0.1) is 11.5 Å². The number of ether oxygens (including phenoxy) is 1. The minimum absolute atomic E-state index is 0.113. The molecule has 2 N–H and O–H groups in total. The van der Waals surface area contributed by atoms with Crippen LogP contribution in [0.4, 0.5) is 16.2 Å². The number of carbonyl (C=O) groups is 1. The van der Waals surface area contributed by atoms with Crippen LogP contribution in [0.1, 0.15) is 32.3 Å². The highest BCUT2D eigenvalue weighted by Gasteiger charge is 2.14. The van der Waals surface area contributed by atoms with Gasteiger partial charge in [0.25, 0.3) is 10.0 Å². The lowest BCUT2D eigenvalue weighted by molar-refractivity contribution is 0.168. The molecule has 0 radical (unpaired) electrons. The van der Waals surface area contributed by atoms with Gasteiger partial charge in [-0.15, -0.1) is 0 Å². The Morgan fingerprint density at radius 2 is 1.58 bits per heavy atom. The summed E-state index contributed by atoms with van der Waals surface area (Å²) in [5, 5.41) is 2.52. The Labute approximate surface area is 154 Å². The van der Waals surface area contributed by atoms with Crippen molar-refractivity contribution in [3.63, 3.8) is 0 Å². The molecule has 7 heteroatoms. The highest BCUT2D eigenvalue weighted by molar-refractivity contribution is 7.92. The van der Waals surface area contributed by atoms with Crippen LogP contribution in [0.3, 0.4) is 0 Å². The van der Waals surface area contributed by atoms with E-state index in [1.165, 1.54) is 29.8 Å². The molecule has 0 aliphatic rings. The predicted molar refractivity (Wildman–Crippen MR) is 103 cm³/mol. The summed E-state index contributed by atoms with van der Waals surface area (Å²) in [5.74, 6) is 0. The van der Waals surface area contributed by atoms with Crippen LogP contribution in [0.5, 0.6) is 0 Å². The van der Waals surface area contributed by atoms with Gasteiger partial charge < -0.3 is 4.74 Å². The van der Waals surface area contributed by atoms with E-state index in [-0.39, 0.29) is 11.5 Å². The van der Waals surface area contributed by atoms with Crippen LogP contribution in [0.25, 0.3) is 0 Å². The molecule has 0 atom stereocenters. The van der Waals surface area contributed by atoms with Crippen LogP contribution in [-0.4, -0.2) is 21.1 Å². The van der Waals surface area contributed by atoms with Crippen molar-refractivity contribution in [2.75, 3.05) is 16.6 Å². The molecule has 0 aliphatic carbocycles. The molecule has 26 heavy (non-hydrogen) atoms. The first-order chi connectivity index (χ1) is 12.4. The molecule has 2 aromatic rings. The number of rotatable bonds is 8. The van der Waals surface area contributed by atoms with Crippen molar-refractivity contribution < 1.29 is 17.9 Å². The fourth-order valence-corrected chi connectivity index (χ4v) is 3.40. The van der Waals surface area contributed by atoms with Crippen molar-refractivity contribution in [2.24, 2.45) is 0 Å². The van der Waals surface area contributed by atoms with Crippen LogP contribution in [0.15, 0.2) is 53.4 Å². The van der Waals surface area contributed by atoms with E-state index in [1.54, 1.807) is 19.1 Å². The van der Waals surface area contributed by atoms with Gasteiger partial charge in [0.1, 0.15) is 0 Å². The zero-order chi connectivity index (χ0) is 19.0. The number of amides is 1. The van der Waals surface area contributed by atoms with Crippen LogP contribution in [0.2, 0.25) is 0 Å². The highest BCUT2D eigenvalue weighted by atomic mass is 32.2. The Balaban J connectivity index is 2.04. The molecule has 0 fully saturated rings. The molecule has 0 bridgehead atoms. The summed E-state index contributed by atoms with van der Waals surface area (Å²) in [7, 11) is -3.69. The van der Waals surface area contributed by atoms with Gasteiger partial charge in [0.15, 0.2) is 0 Å². The monoisotopic (exact) mass is 376 g/mol. The Bertz CT molecular complexity index is 816. The lowest BCUT2D eigenvalue weighted by Gasteiger charge is -2.10. The normalized spacial score (nSPS) is 11.0. The number of nitrogens with one attached hydrogen (secondary N) is 2. The highest BCUT2D eigenvalue weighted by Crippen LogP contribution is 2.19. The van der Waals surface area contributed by atoms with E-state index in [0.717, 1.165) is 19.3 Å². The van der Waals surface area contributed by atoms with Gasteiger partial charge in [-0.2, -0.15) is 0 Å². The van der Waals surface area contributed by atoms with Crippen molar-refractivity contribution in [3.8, 4) is 0 Å². The van der Waals surface area contributed by atoms with Crippen LogP contribution in [-0.2, 0) is 21.2 Å². The SMILES string of the molecule is CCCCc1ccc(NS(=O)(=O)c2ccc(NC(=O)OCC)cc2)cc1. The number of unbranched alkanes of at least 4 members (excludes halogenated alkanes) is 1. The average Bonchev–Trinajstić information content (AvgIpc) is 2.61. The van der Waals surface area contributed by atoms with Gasteiger partial charge in [0.2, 0.25) is 0 Å². The summed E-state index contributed by atoms with van der Waals surface area (Å²) >= 11 is 0. The van der Waals surface area contributed by atoms with Crippen molar-refractivity contribution in [2.45, 2.75) is 38.0 Å². The molecular weight excluding hydrogens is 352 g/mol. The second-order valence-corrected chi connectivity index (χ2v) is 7.46. The maximum atomic E-state index is 12.5. The molecule has 1 amide bonds. The summed E-state index contributed by atoms with van der Waals surface area (Å²) in [4.78, 5) is 11.5. The lowest BCUT2D eigenvalue weighted by atomic mass is 10.1. The van der Waals surface area contributed by atoms with E-state index in [4.69, 9.17) is 4.74 Å². The molecule has 140 valence electrons. The number of carbonyl (C=O) groups excluding carboxylic acids is 1. The van der Waals surface area contributed by atoms with E-state index < -0.39 is 16.1 Å². The van der Waals surface area contributed by atoms with Crippen molar-refractivity contribution in [3.05, 3.63) is 54.1 Å². The third kappa shape index (κ3) is 5.77. The average molecular weight is 376 g/mol. The first-order valence-electron chi connectivity index (χ1n) is 8.60. The minimum atomic E-state index is -3.69. The van der Waals surface area contributed by atoms with Gasteiger partial charge in [-0.05, 0) is 61.7 Å². The summed E-state index contributed by atoms with van der Waals surface area (Å²) < 4.78 is 32.3. The third-order valence-electron chi connectivity index (χ3n) is 3.71. The molecule has 0 saturated heterocycles. The summed E-state index contributed by atoms with van der Waals surface area (Å²) in [5.41, 5.74) is 2.16. The Morgan fingerprint density at radius 3 is 2.15 bits per heavy atom. The van der Waals surface area contributed by atoms with E-state index in [2.05, 4.69) is 17.0 Å². The zero-order valence-electron chi connectivity index (χ0n) is 15.0. The molecule has 6 nitrogen and oxygen atoms in total. The number of anilines is 2. The van der Waals surface area contributed by atoms with E-state index in [9.17, 15) is 13.2 Å². The Kier molecular flexibility index (Phi) is 7.03. The summed E-state index contributed by atoms with van der Waals surface area (Å²) in [6.45, 7) is 4.10. The van der Waals surface area contributed by atoms with Gasteiger partial charge in [-0.3, -0.25) is 10.0 Å². The Hall–Kier alpha value is -2.54. The fraction of sp³-hybridized carbons (Fsp3) is 0.316. The molecule has 2 aromatic carbocycles. The molecule has 2 rings (SSSR count). The minimum Gasteiger partial charge on any atom is -0.450 e. The molecular formula is C19H24N2O4S. The van der Waals surface area contributed by atoms with E-state index >= 15 is 0 Å². The molecule has 0 aliphatic heterocycles. The fourth-order valence-electron chi connectivity index (χ4n) is 2.34. The van der Waals surface area contributed by atoms with Crippen molar-refractivity contribution >= 4 is 27.5 Å². The smallest absolute Gasteiger partial charge is 0.411 e. The van der Waals surface area contributed by atoms with E-state index in [0.29, 0.717) is 11.4 Å². The van der Waals surface area contributed by atoms with Crippen LogP contribution < -0.4 is 10.0 Å². The van der Waals surface area contributed by atoms with Gasteiger partial charge in [0, 0.05) is 11.4 Å². The zero-order valence-corrected chi connectivity index (χ0v) is 15.8. The first kappa shape index (κ1) is 19.8.